The number of carboxylic acids is 1. The van der Waals surface area contributed by atoms with Crippen LogP contribution in [0.15, 0.2) is 5.11 Å². The predicted octanol–water partition coefficient (Wildman–Crippen LogP) is 3.73. The fourth-order valence-electron chi connectivity index (χ4n) is 2.90. The van der Waals surface area contributed by atoms with Crippen molar-refractivity contribution in [2.75, 3.05) is 19.8 Å². The van der Waals surface area contributed by atoms with Gasteiger partial charge >= 0.3 is 12.1 Å². The second kappa shape index (κ2) is 10.9. The van der Waals surface area contributed by atoms with Crippen molar-refractivity contribution < 1.29 is 24.2 Å². The predicted molar refractivity (Wildman–Crippen MR) is 95.8 cm³/mol. The quantitative estimate of drug-likeness (QED) is 0.286. The molecule has 1 N–H and O–H groups in total. The van der Waals surface area contributed by atoms with E-state index in [0.717, 1.165) is 25.7 Å². The summed E-state index contributed by atoms with van der Waals surface area (Å²) in [5.41, 5.74) is 7.98. The normalized spacial score (nSPS) is 20.1. The van der Waals surface area contributed by atoms with Crippen LogP contribution < -0.4 is 0 Å². The van der Waals surface area contributed by atoms with Crippen LogP contribution in [-0.2, 0) is 14.3 Å². The smallest absolute Gasteiger partial charge is 0.410 e. The van der Waals surface area contributed by atoms with Gasteiger partial charge in [-0.25, -0.2) is 4.79 Å². The fraction of sp³-hybridized carbons (Fsp3) is 0.882. The van der Waals surface area contributed by atoms with Crippen LogP contribution in [0.1, 0.15) is 59.3 Å². The summed E-state index contributed by atoms with van der Waals surface area (Å²) in [5.74, 6) is -0.892. The highest BCUT2D eigenvalue weighted by Crippen LogP contribution is 2.26. The molecule has 0 aromatic rings. The van der Waals surface area contributed by atoms with E-state index < -0.39 is 11.6 Å². The number of rotatable bonds is 9. The molecule has 148 valence electrons. The first-order valence-corrected chi connectivity index (χ1v) is 9.06. The summed E-state index contributed by atoms with van der Waals surface area (Å²) >= 11 is 0. The number of ether oxygens (including phenoxy) is 2. The number of hydrogen-bond donors (Lipinski definition) is 1. The number of carboxylic acid groups (broad SMARTS) is 1. The van der Waals surface area contributed by atoms with Crippen molar-refractivity contribution in [3.63, 3.8) is 0 Å². The zero-order chi connectivity index (χ0) is 19.6. The molecule has 0 bridgehead atoms. The molecule has 1 amide bonds. The molecule has 0 spiro atoms. The molecule has 1 fully saturated rings. The number of hydrogen-bond acceptors (Lipinski definition) is 5. The molecule has 0 saturated heterocycles. The third kappa shape index (κ3) is 8.92. The number of carbonyl (C=O) groups is 2. The minimum absolute atomic E-state index is 0.00362. The fourth-order valence-corrected chi connectivity index (χ4v) is 2.90. The van der Waals surface area contributed by atoms with E-state index in [4.69, 9.17) is 20.1 Å². The molecule has 1 aliphatic carbocycles. The molecule has 1 rings (SSSR count). The molecule has 0 unspecified atom stereocenters. The van der Waals surface area contributed by atoms with Crippen LogP contribution in [0.25, 0.3) is 10.4 Å². The van der Waals surface area contributed by atoms with E-state index in [9.17, 15) is 9.59 Å². The van der Waals surface area contributed by atoms with Crippen LogP contribution >= 0.6 is 0 Å². The van der Waals surface area contributed by atoms with E-state index in [2.05, 4.69) is 10.0 Å². The Morgan fingerprint density at radius 3 is 2.42 bits per heavy atom. The van der Waals surface area contributed by atoms with Gasteiger partial charge in [0, 0.05) is 30.1 Å². The minimum atomic E-state index is -0.892. The van der Waals surface area contributed by atoms with Crippen molar-refractivity contribution >= 4 is 12.1 Å². The summed E-state index contributed by atoms with van der Waals surface area (Å²) < 4.78 is 10.8. The molecular weight excluding hydrogens is 340 g/mol. The van der Waals surface area contributed by atoms with Gasteiger partial charge in [0.25, 0.3) is 0 Å². The summed E-state index contributed by atoms with van der Waals surface area (Å²) in [6.07, 6.45) is 3.27. The van der Waals surface area contributed by atoms with Gasteiger partial charge < -0.3 is 19.5 Å². The summed E-state index contributed by atoms with van der Waals surface area (Å²) in [7, 11) is 0. The first kappa shape index (κ1) is 22.1. The zero-order valence-corrected chi connectivity index (χ0v) is 15.9. The maximum absolute atomic E-state index is 12.6. The lowest BCUT2D eigenvalue weighted by Gasteiger charge is -2.37. The molecule has 0 aromatic heterocycles. The number of aliphatic carboxylic acids is 1. The Bertz CT molecular complexity index is 506. The monoisotopic (exact) mass is 370 g/mol. The van der Waals surface area contributed by atoms with Gasteiger partial charge in [0.1, 0.15) is 5.60 Å². The average Bonchev–Trinajstić information content (AvgIpc) is 2.53. The van der Waals surface area contributed by atoms with E-state index in [-0.39, 0.29) is 31.2 Å². The van der Waals surface area contributed by atoms with Crippen molar-refractivity contribution in [1.82, 2.24) is 4.90 Å². The standard InChI is InChI=1S/C17H30N4O5/c1-17(2,3)26-16(24)21(10-4-11-25-12-9-15(22)23)14-7-5-13(6-8-14)19-20-18/h13-14H,4-12H2,1-3H3,(H,22,23)/t13-,14+. The van der Waals surface area contributed by atoms with E-state index in [1.54, 1.807) is 4.90 Å². The number of azide groups is 1. The Balaban J connectivity index is 2.55. The summed E-state index contributed by atoms with van der Waals surface area (Å²) in [6.45, 7) is 6.53. The van der Waals surface area contributed by atoms with Gasteiger partial charge in [-0.1, -0.05) is 5.11 Å². The van der Waals surface area contributed by atoms with E-state index in [0.29, 0.717) is 19.6 Å². The summed E-state index contributed by atoms with van der Waals surface area (Å²) in [6, 6.07) is 0.0464. The molecule has 0 atom stereocenters. The molecule has 26 heavy (non-hydrogen) atoms. The number of carbonyl (C=O) groups excluding carboxylic acids is 1. The third-order valence-electron chi connectivity index (χ3n) is 4.10. The zero-order valence-electron chi connectivity index (χ0n) is 15.9. The number of nitrogens with zero attached hydrogens (tertiary/aromatic N) is 4. The topological polar surface area (TPSA) is 125 Å². The Morgan fingerprint density at radius 2 is 1.88 bits per heavy atom. The highest BCUT2D eigenvalue weighted by atomic mass is 16.6. The van der Waals surface area contributed by atoms with Crippen molar-refractivity contribution in [2.45, 2.75) is 77.0 Å². The van der Waals surface area contributed by atoms with Gasteiger partial charge in [-0.2, -0.15) is 0 Å². The number of amides is 1. The lowest BCUT2D eigenvalue weighted by atomic mass is 9.90. The van der Waals surface area contributed by atoms with E-state index in [1.165, 1.54) is 0 Å². The average molecular weight is 370 g/mol. The molecule has 0 heterocycles. The van der Waals surface area contributed by atoms with Crippen LogP contribution in [0.4, 0.5) is 4.79 Å². The van der Waals surface area contributed by atoms with Gasteiger partial charge in [-0.05, 0) is 58.4 Å². The first-order chi connectivity index (χ1) is 12.2. The van der Waals surface area contributed by atoms with Crippen molar-refractivity contribution in [3.05, 3.63) is 10.4 Å². The van der Waals surface area contributed by atoms with Crippen LogP contribution in [0.3, 0.4) is 0 Å². The highest BCUT2D eigenvalue weighted by Gasteiger charge is 2.31. The molecular formula is C17H30N4O5. The van der Waals surface area contributed by atoms with Crippen molar-refractivity contribution in [3.8, 4) is 0 Å². The van der Waals surface area contributed by atoms with Gasteiger partial charge in [0.05, 0.1) is 13.0 Å². The maximum Gasteiger partial charge on any atom is 0.410 e. The van der Waals surface area contributed by atoms with Gasteiger partial charge in [0.2, 0.25) is 0 Å². The lowest BCUT2D eigenvalue weighted by molar-refractivity contribution is -0.138. The molecule has 0 aliphatic heterocycles. The Kier molecular flexibility index (Phi) is 9.23. The Labute approximate surface area is 154 Å². The first-order valence-electron chi connectivity index (χ1n) is 9.06. The Hall–Kier alpha value is -1.99. The second-order valence-corrected chi connectivity index (χ2v) is 7.45. The molecule has 1 saturated carbocycles. The van der Waals surface area contributed by atoms with E-state index in [1.807, 2.05) is 20.8 Å². The lowest BCUT2D eigenvalue weighted by Crippen LogP contribution is -2.46. The van der Waals surface area contributed by atoms with Crippen molar-refractivity contribution in [1.29, 1.82) is 0 Å². The van der Waals surface area contributed by atoms with Crippen LogP contribution in [0.2, 0.25) is 0 Å². The summed E-state index contributed by atoms with van der Waals surface area (Å²) in [4.78, 5) is 27.6. The van der Waals surface area contributed by atoms with Crippen LogP contribution in [-0.4, -0.2) is 59.5 Å². The summed E-state index contributed by atoms with van der Waals surface area (Å²) in [5, 5.41) is 12.4. The molecule has 0 aromatic carbocycles. The van der Waals surface area contributed by atoms with Gasteiger partial charge in [-0.3, -0.25) is 4.79 Å². The molecule has 9 heteroatoms. The molecule has 9 nitrogen and oxygen atoms in total. The van der Waals surface area contributed by atoms with Crippen molar-refractivity contribution in [2.24, 2.45) is 5.11 Å². The van der Waals surface area contributed by atoms with Crippen LogP contribution in [0, 0.1) is 0 Å². The molecule has 1 aliphatic rings. The van der Waals surface area contributed by atoms with Gasteiger partial charge in [0.15, 0.2) is 0 Å². The SMILES string of the molecule is CC(C)(C)OC(=O)N(CCCOCCC(=O)O)[C@H]1CC[C@@H](N=[N+]=[N-])CC1. The van der Waals surface area contributed by atoms with E-state index >= 15 is 0 Å². The Morgan fingerprint density at radius 1 is 1.23 bits per heavy atom. The third-order valence-corrected chi connectivity index (χ3v) is 4.10. The van der Waals surface area contributed by atoms with Crippen LogP contribution in [0.5, 0.6) is 0 Å². The minimum Gasteiger partial charge on any atom is -0.481 e. The maximum atomic E-state index is 12.6. The largest absolute Gasteiger partial charge is 0.481 e. The van der Waals surface area contributed by atoms with Gasteiger partial charge in [-0.15, -0.1) is 0 Å². The second-order valence-electron chi connectivity index (χ2n) is 7.45. The molecule has 0 radical (unpaired) electrons. The highest BCUT2D eigenvalue weighted by molar-refractivity contribution is 5.68.